The predicted octanol–water partition coefficient (Wildman–Crippen LogP) is 3.03. The molecule has 3 nitrogen and oxygen atoms in total. The van der Waals surface area contributed by atoms with Crippen molar-refractivity contribution in [3.8, 4) is 0 Å². The minimum absolute atomic E-state index is 0.207. The number of hydrogen-bond acceptors (Lipinski definition) is 2. The van der Waals surface area contributed by atoms with Crippen LogP contribution in [0.5, 0.6) is 0 Å². The van der Waals surface area contributed by atoms with E-state index in [0.29, 0.717) is 12.2 Å². The lowest BCUT2D eigenvalue weighted by Crippen LogP contribution is -2.30. The Kier molecular flexibility index (Phi) is 3.85. The van der Waals surface area contributed by atoms with Crippen LogP contribution in [0.1, 0.15) is 17.3 Å². The summed E-state index contributed by atoms with van der Waals surface area (Å²) < 4.78 is 25.9. The van der Waals surface area contributed by atoms with E-state index < -0.39 is 5.95 Å². The largest absolute Gasteiger partial charge is 0.309 e. The van der Waals surface area contributed by atoms with Crippen molar-refractivity contribution in [1.29, 1.82) is 0 Å². The van der Waals surface area contributed by atoms with Crippen molar-refractivity contribution in [2.24, 2.45) is 0 Å². The second kappa shape index (κ2) is 5.56. The highest BCUT2D eigenvalue weighted by Crippen LogP contribution is 2.17. The second-order valence-corrected chi connectivity index (χ2v) is 3.89. The number of nitrogens with zero attached hydrogens (tertiary/aromatic N) is 2. The van der Waals surface area contributed by atoms with Gasteiger partial charge in [-0.1, -0.05) is 0 Å². The van der Waals surface area contributed by atoms with E-state index in [1.165, 1.54) is 41.4 Å². The molecule has 0 atom stereocenters. The highest BCUT2D eigenvalue weighted by atomic mass is 19.1. The van der Waals surface area contributed by atoms with Gasteiger partial charge in [-0.3, -0.25) is 4.79 Å². The molecular weight excluding hydrogens is 250 g/mol. The van der Waals surface area contributed by atoms with Crippen LogP contribution in [-0.2, 0) is 0 Å². The third-order valence-electron chi connectivity index (χ3n) is 2.67. The van der Waals surface area contributed by atoms with Crippen LogP contribution in [0, 0.1) is 11.8 Å². The molecule has 0 N–H and O–H groups in total. The normalized spacial score (nSPS) is 10.3. The Morgan fingerprint density at radius 1 is 1.21 bits per heavy atom. The Labute approximate surface area is 109 Å². The van der Waals surface area contributed by atoms with Gasteiger partial charge in [0.15, 0.2) is 0 Å². The molecule has 0 aliphatic heterocycles. The zero-order valence-corrected chi connectivity index (χ0v) is 10.3. The first-order valence-electron chi connectivity index (χ1n) is 5.81. The van der Waals surface area contributed by atoms with Crippen LogP contribution >= 0.6 is 0 Å². The van der Waals surface area contributed by atoms with Crippen molar-refractivity contribution >= 4 is 11.6 Å². The van der Waals surface area contributed by atoms with Gasteiger partial charge in [-0.15, -0.1) is 0 Å². The Hall–Kier alpha value is -2.30. The summed E-state index contributed by atoms with van der Waals surface area (Å²) in [6.45, 7) is 2.19. The fourth-order valence-corrected chi connectivity index (χ4v) is 1.76. The van der Waals surface area contributed by atoms with Crippen molar-refractivity contribution in [1.82, 2.24) is 4.98 Å². The van der Waals surface area contributed by atoms with Gasteiger partial charge in [0.25, 0.3) is 5.91 Å². The highest BCUT2D eigenvalue weighted by molar-refractivity contribution is 6.05. The van der Waals surface area contributed by atoms with Crippen molar-refractivity contribution in [2.75, 3.05) is 11.4 Å². The van der Waals surface area contributed by atoms with Gasteiger partial charge in [-0.05, 0) is 37.3 Å². The smallest absolute Gasteiger partial charge is 0.258 e. The van der Waals surface area contributed by atoms with Crippen LogP contribution in [0.3, 0.4) is 0 Å². The highest BCUT2D eigenvalue weighted by Gasteiger charge is 2.16. The fraction of sp³-hybridized carbons (Fsp3) is 0.143. The fourth-order valence-electron chi connectivity index (χ4n) is 1.76. The van der Waals surface area contributed by atoms with E-state index >= 15 is 0 Å². The third-order valence-corrected chi connectivity index (χ3v) is 2.67. The van der Waals surface area contributed by atoms with Gasteiger partial charge in [0.05, 0.1) is 0 Å². The van der Waals surface area contributed by atoms with Crippen LogP contribution in [0.2, 0.25) is 0 Å². The first kappa shape index (κ1) is 13.1. The van der Waals surface area contributed by atoms with Crippen LogP contribution < -0.4 is 4.90 Å². The Morgan fingerprint density at radius 3 is 2.47 bits per heavy atom. The molecule has 0 radical (unpaired) electrons. The molecular formula is C14H12F2N2O. The van der Waals surface area contributed by atoms with E-state index in [4.69, 9.17) is 0 Å². The number of amides is 1. The standard InChI is InChI=1S/C14H12F2N2O/c1-2-18(12-5-3-11(15)4-6-12)14(19)10-7-8-17-13(16)9-10/h3-9H,2H2,1H3. The molecule has 0 aliphatic rings. The van der Waals surface area contributed by atoms with E-state index in [0.717, 1.165) is 6.07 Å². The summed E-state index contributed by atoms with van der Waals surface area (Å²) in [6, 6.07) is 8.09. The van der Waals surface area contributed by atoms with Gasteiger partial charge >= 0.3 is 0 Å². The van der Waals surface area contributed by atoms with Crippen molar-refractivity contribution in [2.45, 2.75) is 6.92 Å². The van der Waals surface area contributed by atoms with Crippen molar-refractivity contribution in [3.05, 3.63) is 59.9 Å². The molecule has 2 rings (SSSR count). The lowest BCUT2D eigenvalue weighted by Gasteiger charge is -2.21. The minimum atomic E-state index is -0.707. The number of pyridine rings is 1. The SMILES string of the molecule is CCN(C(=O)c1ccnc(F)c1)c1ccc(F)cc1. The van der Waals surface area contributed by atoms with E-state index in [1.54, 1.807) is 6.92 Å². The number of halogens is 2. The predicted molar refractivity (Wildman–Crippen MR) is 67.9 cm³/mol. The lowest BCUT2D eigenvalue weighted by atomic mass is 10.2. The molecule has 0 aliphatic carbocycles. The second-order valence-electron chi connectivity index (χ2n) is 3.89. The maximum absolute atomic E-state index is 13.0. The molecule has 0 fully saturated rings. The summed E-state index contributed by atoms with van der Waals surface area (Å²) >= 11 is 0. The molecule has 98 valence electrons. The van der Waals surface area contributed by atoms with Gasteiger partial charge in [-0.2, -0.15) is 4.39 Å². The van der Waals surface area contributed by atoms with Crippen LogP contribution in [0.4, 0.5) is 14.5 Å². The van der Waals surface area contributed by atoms with Crippen molar-refractivity contribution in [3.63, 3.8) is 0 Å². The van der Waals surface area contributed by atoms with Gasteiger partial charge in [-0.25, -0.2) is 9.37 Å². The number of carbonyl (C=O) groups is 1. The zero-order chi connectivity index (χ0) is 13.8. The molecule has 0 saturated carbocycles. The molecule has 0 unspecified atom stereocenters. The first-order valence-corrected chi connectivity index (χ1v) is 5.81. The Bertz CT molecular complexity index is 584. The molecule has 1 aromatic carbocycles. The van der Waals surface area contributed by atoms with Crippen LogP contribution in [-0.4, -0.2) is 17.4 Å². The molecule has 19 heavy (non-hydrogen) atoms. The molecule has 1 amide bonds. The van der Waals surface area contributed by atoms with Crippen LogP contribution in [0.15, 0.2) is 42.6 Å². The van der Waals surface area contributed by atoms with Crippen LogP contribution in [0.25, 0.3) is 0 Å². The quantitative estimate of drug-likeness (QED) is 0.796. The molecule has 1 heterocycles. The third kappa shape index (κ3) is 2.93. The van der Waals surface area contributed by atoms with E-state index in [1.807, 2.05) is 0 Å². The monoisotopic (exact) mass is 262 g/mol. The number of benzene rings is 1. The van der Waals surface area contributed by atoms with E-state index in [9.17, 15) is 13.6 Å². The average Bonchev–Trinajstić information content (AvgIpc) is 2.41. The molecule has 2 aromatic rings. The number of hydrogen-bond donors (Lipinski definition) is 0. The van der Waals surface area contributed by atoms with Gasteiger partial charge < -0.3 is 4.90 Å². The van der Waals surface area contributed by atoms with Gasteiger partial charge in [0.2, 0.25) is 5.95 Å². The van der Waals surface area contributed by atoms with E-state index in [-0.39, 0.29) is 17.3 Å². The number of rotatable bonds is 3. The van der Waals surface area contributed by atoms with Gasteiger partial charge in [0.1, 0.15) is 5.82 Å². The summed E-state index contributed by atoms with van der Waals surface area (Å²) in [4.78, 5) is 17.1. The number of aromatic nitrogens is 1. The average molecular weight is 262 g/mol. The number of carbonyl (C=O) groups excluding carboxylic acids is 1. The topological polar surface area (TPSA) is 33.2 Å². The maximum Gasteiger partial charge on any atom is 0.258 e. The summed E-state index contributed by atoms with van der Waals surface area (Å²) in [7, 11) is 0. The van der Waals surface area contributed by atoms with Gasteiger partial charge in [0, 0.05) is 30.1 Å². The lowest BCUT2D eigenvalue weighted by molar-refractivity contribution is 0.0987. The summed E-state index contributed by atoms with van der Waals surface area (Å²) in [5, 5.41) is 0. The number of anilines is 1. The Balaban J connectivity index is 2.31. The molecule has 0 bridgehead atoms. The molecule has 0 spiro atoms. The summed E-state index contributed by atoms with van der Waals surface area (Å²) in [5.41, 5.74) is 0.768. The van der Waals surface area contributed by atoms with E-state index in [2.05, 4.69) is 4.98 Å². The molecule has 0 saturated heterocycles. The maximum atomic E-state index is 13.0. The summed E-state index contributed by atoms with van der Waals surface area (Å²) in [5.74, 6) is -1.43. The first-order chi connectivity index (χ1) is 9.11. The molecule has 1 aromatic heterocycles. The molecule has 5 heteroatoms. The van der Waals surface area contributed by atoms with Crippen molar-refractivity contribution < 1.29 is 13.6 Å². The summed E-state index contributed by atoms with van der Waals surface area (Å²) in [6.07, 6.45) is 1.24. The zero-order valence-electron chi connectivity index (χ0n) is 10.3. The minimum Gasteiger partial charge on any atom is -0.309 e. The Morgan fingerprint density at radius 2 is 1.89 bits per heavy atom.